The first-order chi connectivity index (χ1) is 12.3. The molecule has 130 valence electrons. The summed E-state index contributed by atoms with van der Waals surface area (Å²) in [6, 6.07) is 17.8. The average molecular weight is 333 g/mol. The first-order valence-corrected chi connectivity index (χ1v) is 9.80. The topological polar surface area (TPSA) is 21.3 Å². The molecule has 6 rings (SSSR count). The second-order valence-electron chi connectivity index (χ2n) is 8.38. The molecule has 0 saturated heterocycles. The van der Waals surface area contributed by atoms with E-state index in [4.69, 9.17) is 4.74 Å². The zero-order chi connectivity index (χ0) is 16.8. The molecule has 0 amide bonds. The quantitative estimate of drug-likeness (QED) is 0.786. The Morgan fingerprint density at radius 3 is 2.12 bits per heavy atom. The summed E-state index contributed by atoms with van der Waals surface area (Å²) in [5.74, 6) is 4.72. The van der Waals surface area contributed by atoms with Gasteiger partial charge >= 0.3 is 0 Å². The number of methoxy groups -OCH3 is 1. The van der Waals surface area contributed by atoms with Crippen molar-refractivity contribution in [1.29, 1.82) is 0 Å². The van der Waals surface area contributed by atoms with E-state index in [0.29, 0.717) is 6.04 Å². The van der Waals surface area contributed by atoms with Crippen LogP contribution in [-0.2, 0) is 0 Å². The molecule has 4 bridgehead atoms. The molecule has 4 fully saturated rings. The molecule has 4 aliphatic rings. The molecule has 0 atom stereocenters. The summed E-state index contributed by atoms with van der Waals surface area (Å²) in [5.41, 5.74) is 3.69. The number of anilines is 1. The highest BCUT2D eigenvalue weighted by Gasteiger charge is 2.48. The molecule has 2 aromatic rings. The number of nitrogens with one attached hydrogen (secondary N) is 1. The van der Waals surface area contributed by atoms with Crippen LogP contribution in [0.2, 0.25) is 0 Å². The Morgan fingerprint density at radius 1 is 0.800 bits per heavy atom. The summed E-state index contributed by atoms with van der Waals surface area (Å²) in [6.07, 6.45) is 7.25. The second-order valence-corrected chi connectivity index (χ2v) is 8.38. The van der Waals surface area contributed by atoms with E-state index in [1.54, 1.807) is 7.11 Å². The summed E-state index contributed by atoms with van der Waals surface area (Å²) in [4.78, 5) is 0. The van der Waals surface area contributed by atoms with E-state index in [1.165, 1.54) is 48.9 Å². The maximum Gasteiger partial charge on any atom is 0.141 e. The zero-order valence-corrected chi connectivity index (χ0v) is 14.9. The van der Waals surface area contributed by atoms with Gasteiger partial charge in [0, 0.05) is 6.04 Å². The third-order valence-corrected chi connectivity index (χ3v) is 6.86. The third kappa shape index (κ3) is 2.72. The SMILES string of the molecule is COc1ccc(-c2ccccc2)cc1NC1C2CC3CC(C2)CC1C3. The molecular weight excluding hydrogens is 306 g/mol. The Labute approximate surface area is 150 Å². The Kier molecular flexibility index (Phi) is 3.73. The first kappa shape index (κ1) is 15.3. The molecule has 0 aliphatic heterocycles. The number of benzene rings is 2. The van der Waals surface area contributed by atoms with E-state index in [1.807, 2.05) is 0 Å². The maximum atomic E-state index is 5.67. The standard InChI is InChI=1S/C23H27NO/c1-25-22-8-7-18(17-5-3-2-4-6-17)14-21(22)24-23-19-10-15-9-16(12-19)13-20(23)11-15/h2-8,14-16,19-20,23-24H,9-13H2,1H3. The van der Waals surface area contributed by atoms with Gasteiger partial charge in [-0.25, -0.2) is 0 Å². The summed E-state index contributed by atoms with van der Waals surface area (Å²) in [7, 11) is 1.78. The number of hydrogen-bond acceptors (Lipinski definition) is 2. The van der Waals surface area contributed by atoms with Crippen LogP contribution in [0.5, 0.6) is 5.75 Å². The van der Waals surface area contributed by atoms with Crippen molar-refractivity contribution in [2.75, 3.05) is 12.4 Å². The van der Waals surface area contributed by atoms with Crippen LogP contribution in [0.15, 0.2) is 48.5 Å². The van der Waals surface area contributed by atoms with Crippen LogP contribution in [0.3, 0.4) is 0 Å². The minimum Gasteiger partial charge on any atom is -0.495 e. The fourth-order valence-corrected chi connectivity index (χ4v) is 5.97. The average Bonchev–Trinajstić information content (AvgIpc) is 2.64. The molecule has 1 N–H and O–H groups in total. The smallest absolute Gasteiger partial charge is 0.141 e. The van der Waals surface area contributed by atoms with Crippen molar-refractivity contribution >= 4 is 5.69 Å². The van der Waals surface area contributed by atoms with Gasteiger partial charge in [0.1, 0.15) is 5.75 Å². The van der Waals surface area contributed by atoms with E-state index < -0.39 is 0 Å². The van der Waals surface area contributed by atoms with Gasteiger partial charge in [-0.2, -0.15) is 0 Å². The minimum atomic E-state index is 0.632. The highest BCUT2D eigenvalue weighted by molar-refractivity contribution is 5.72. The van der Waals surface area contributed by atoms with Crippen molar-refractivity contribution in [2.24, 2.45) is 23.7 Å². The van der Waals surface area contributed by atoms with Crippen molar-refractivity contribution in [2.45, 2.75) is 38.1 Å². The lowest BCUT2D eigenvalue weighted by Crippen LogP contribution is -2.51. The predicted molar refractivity (Wildman–Crippen MR) is 103 cm³/mol. The van der Waals surface area contributed by atoms with Crippen LogP contribution in [-0.4, -0.2) is 13.2 Å². The Hall–Kier alpha value is -1.96. The summed E-state index contributed by atoms with van der Waals surface area (Å²) < 4.78 is 5.67. The van der Waals surface area contributed by atoms with Crippen molar-refractivity contribution in [1.82, 2.24) is 0 Å². The van der Waals surface area contributed by atoms with Crippen LogP contribution in [0.1, 0.15) is 32.1 Å². The highest BCUT2D eigenvalue weighted by Crippen LogP contribution is 2.54. The number of hydrogen-bond donors (Lipinski definition) is 1. The van der Waals surface area contributed by atoms with E-state index >= 15 is 0 Å². The molecule has 0 spiro atoms. The lowest BCUT2D eigenvalue weighted by molar-refractivity contribution is 0.00748. The molecule has 2 nitrogen and oxygen atoms in total. The van der Waals surface area contributed by atoms with Crippen molar-refractivity contribution in [3.63, 3.8) is 0 Å². The fourth-order valence-electron chi connectivity index (χ4n) is 5.97. The van der Waals surface area contributed by atoms with Gasteiger partial charge in [0.25, 0.3) is 0 Å². The van der Waals surface area contributed by atoms with Gasteiger partial charge < -0.3 is 10.1 Å². The van der Waals surface area contributed by atoms with E-state index in [0.717, 1.165) is 29.4 Å². The van der Waals surface area contributed by atoms with E-state index in [9.17, 15) is 0 Å². The summed E-state index contributed by atoms with van der Waals surface area (Å²) in [5, 5.41) is 3.93. The first-order valence-electron chi connectivity index (χ1n) is 9.80. The molecule has 2 aromatic carbocycles. The Balaban J connectivity index is 1.45. The van der Waals surface area contributed by atoms with Crippen molar-refractivity contribution < 1.29 is 4.74 Å². The molecular formula is C23H27NO. The third-order valence-electron chi connectivity index (χ3n) is 6.86. The van der Waals surface area contributed by atoms with Gasteiger partial charge in [-0.1, -0.05) is 36.4 Å². The highest BCUT2D eigenvalue weighted by atomic mass is 16.5. The van der Waals surface area contributed by atoms with Crippen molar-refractivity contribution in [3.8, 4) is 16.9 Å². The van der Waals surface area contributed by atoms with Crippen molar-refractivity contribution in [3.05, 3.63) is 48.5 Å². The summed E-state index contributed by atoms with van der Waals surface area (Å²) >= 11 is 0. The fraction of sp³-hybridized carbons (Fsp3) is 0.478. The molecule has 2 heteroatoms. The van der Waals surface area contributed by atoms with Gasteiger partial charge in [-0.15, -0.1) is 0 Å². The molecule has 4 saturated carbocycles. The van der Waals surface area contributed by atoms with Crippen LogP contribution < -0.4 is 10.1 Å². The predicted octanol–water partition coefficient (Wildman–Crippen LogP) is 5.60. The molecule has 0 aromatic heterocycles. The molecule has 0 unspecified atom stereocenters. The Bertz CT molecular complexity index is 726. The molecule has 4 aliphatic carbocycles. The number of rotatable bonds is 4. The van der Waals surface area contributed by atoms with Gasteiger partial charge in [0.15, 0.2) is 0 Å². The van der Waals surface area contributed by atoms with Crippen LogP contribution >= 0.6 is 0 Å². The maximum absolute atomic E-state index is 5.67. The number of ether oxygens (including phenoxy) is 1. The van der Waals surface area contributed by atoms with Gasteiger partial charge in [-0.05, 0) is 79.0 Å². The lowest BCUT2D eigenvalue weighted by atomic mass is 9.54. The van der Waals surface area contributed by atoms with Crippen LogP contribution in [0, 0.1) is 23.7 Å². The molecule has 25 heavy (non-hydrogen) atoms. The Morgan fingerprint density at radius 2 is 1.48 bits per heavy atom. The molecule has 0 heterocycles. The van der Waals surface area contributed by atoms with Gasteiger partial charge in [0.05, 0.1) is 12.8 Å². The van der Waals surface area contributed by atoms with E-state index in [-0.39, 0.29) is 0 Å². The second kappa shape index (κ2) is 6.09. The summed E-state index contributed by atoms with van der Waals surface area (Å²) in [6.45, 7) is 0. The van der Waals surface area contributed by atoms with Gasteiger partial charge in [0.2, 0.25) is 0 Å². The normalized spacial score (nSPS) is 32.6. The zero-order valence-electron chi connectivity index (χ0n) is 14.9. The minimum absolute atomic E-state index is 0.632. The van der Waals surface area contributed by atoms with Gasteiger partial charge in [-0.3, -0.25) is 0 Å². The van der Waals surface area contributed by atoms with Crippen LogP contribution in [0.25, 0.3) is 11.1 Å². The lowest BCUT2D eigenvalue weighted by Gasteiger charge is -2.54. The monoisotopic (exact) mass is 333 g/mol. The van der Waals surface area contributed by atoms with Crippen LogP contribution in [0.4, 0.5) is 5.69 Å². The largest absolute Gasteiger partial charge is 0.495 e. The molecule has 0 radical (unpaired) electrons. The van der Waals surface area contributed by atoms with E-state index in [2.05, 4.69) is 53.8 Å².